The van der Waals surface area contributed by atoms with Crippen molar-refractivity contribution in [2.45, 2.75) is 83.0 Å². The quantitative estimate of drug-likeness (QED) is 0.0881. The molecule has 0 aromatic heterocycles. The molecule has 0 spiro atoms. The van der Waals surface area contributed by atoms with Crippen LogP contribution in [0.15, 0.2) is 71.9 Å². The minimum absolute atomic E-state index is 0.0227. The number of hydrogen-bond acceptors (Lipinski definition) is 10. The standard InChI is InChI=1S/C42H54N4O8/c1-5-20-46(40(49)29-16-14-28(27-43)15-17-29)37-26-35(45-51-4)33-24-30(12-8-10-21-47)32(13-9-11-22-48)38-34-25-31(53-41(50)44-7-3)18-19-36(34)54-42(37,39(33)38)52-23-6-2/h6,14-19,24-25,30,32,37-39,47-48H,2,5,7-13,20-23,26H2,1,3-4H3,(H,44,50). The molecule has 0 saturated heterocycles. The van der Waals surface area contributed by atoms with Crippen molar-refractivity contribution in [2.75, 3.05) is 40.0 Å². The predicted molar refractivity (Wildman–Crippen MR) is 204 cm³/mol. The highest BCUT2D eigenvalue weighted by molar-refractivity contribution is 6.03. The van der Waals surface area contributed by atoms with Gasteiger partial charge >= 0.3 is 6.09 Å². The normalized spacial score (nSPS) is 24.6. The number of nitrogens with one attached hydrogen (secondary N) is 1. The maximum atomic E-state index is 14.6. The van der Waals surface area contributed by atoms with Crippen molar-refractivity contribution < 1.29 is 38.9 Å². The van der Waals surface area contributed by atoms with Gasteiger partial charge < -0.3 is 39.5 Å². The number of carbonyl (C=O) groups is 2. The van der Waals surface area contributed by atoms with E-state index in [1.165, 1.54) is 7.11 Å². The van der Waals surface area contributed by atoms with Crippen molar-refractivity contribution in [2.24, 2.45) is 22.9 Å². The molecule has 12 nitrogen and oxygen atoms in total. The van der Waals surface area contributed by atoms with Gasteiger partial charge in [0.15, 0.2) is 0 Å². The van der Waals surface area contributed by atoms with Crippen LogP contribution in [0.2, 0.25) is 0 Å². The number of aliphatic hydroxyl groups is 2. The van der Waals surface area contributed by atoms with Crippen molar-refractivity contribution in [1.29, 1.82) is 5.26 Å². The lowest BCUT2D eigenvalue weighted by Crippen LogP contribution is -2.70. The van der Waals surface area contributed by atoms with E-state index in [1.807, 2.05) is 30.9 Å². The first-order chi connectivity index (χ1) is 26.3. The third kappa shape index (κ3) is 8.49. The zero-order chi connectivity index (χ0) is 38.7. The molecule has 6 atom stereocenters. The maximum absolute atomic E-state index is 14.6. The van der Waals surface area contributed by atoms with Gasteiger partial charge in [-0.2, -0.15) is 5.26 Å². The largest absolute Gasteiger partial charge is 0.459 e. The van der Waals surface area contributed by atoms with Crippen LogP contribution in [0.4, 0.5) is 4.79 Å². The third-order valence-corrected chi connectivity index (χ3v) is 10.7. The molecule has 0 bridgehead atoms. The van der Waals surface area contributed by atoms with Gasteiger partial charge in [-0.25, -0.2) is 4.79 Å². The number of amides is 2. The first kappa shape index (κ1) is 40.5. The maximum Gasteiger partial charge on any atom is 0.412 e. The van der Waals surface area contributed by atoms with Gasteiger partial charge in [-0.3, -0.25) is 4.79 Å². The first-order valence-electron chi connectivity index (χ1n) is 19.2. The third-order valence-electron chi connectivity index (χ3n) is 10.7. The average molecular weight is 743 g/mol. The van der Waals surface area contributed by atoms with Gasteiger partial charge in [0.2, 0.25) is 5.79 Å². The van der Waals surface area contributed by atoms with Gasteiger partial charge in [0.1, 0.15) is 24.7 Å². The highest BCUT2D eigenvalue weighted by Crippen LogP contribution is 2.62. The van der Waals surface area contributed by atoms with E-state index in [9.17, 15) is 25.1 Å². The zero-order valence-electron chi connectivity index (χ0n) is 31.7. The Hall–Kier alpha value is -4.70. The van der Waals surface area contributed by atoms with Gasteiger partial charge in [-0.15, -0.1) is 6.58 Å². The summed E-state index contributed by atoms with van der Waals surface area (Å²) in [5, 5.41) is 36.3. The number of benzene rings is 2. The minimum Gasteiger partial charge on any atom is -0.459 e. The molecule has 6 unspecified atom stereocenters. The van der Waals surface area contributed by atoms with Crippen LogP contribution < -0.4 is 14.8 Å². The lowest BCUT2D eigenvalue weighted by atomic mass is 9.55. The highest BCUT2D eigenvalue weighted by atomic mass is 16.7. The van der Waals surface area contributed by atoms with Gasteiger partial charge in [0.25, 0.3) is 5.91 Å². The molecule has 2 aliphatic carbocycles. The summed E-state index contributed by atoms with van der Waals surface area (Å²) in [4.78, 5) is 34.6. The molecule has 1 heterocycles. The van der Waals surface area contributed by atoms with E-state index in [0.29, 0.717) is 60.7 Å². The van der Waals surface area contributed by atoms with E-state index in [1.54, 1.807) is 36.4 Å². The number of oxime groups is 1. The van der Waals surface area contributed by atoms with Crippen LogP contribution in [0.3, 0.4) is 0 Å². The summed E-state index contributed by atoms with van der Waals surface area (Å²) in [6, 6.07) is 13.5. The van der Waals surface area contributed by atoms with Crippen molar-refractivity contribution in [3.05, 3.63) is 83.5 Å². The first-order valence-corrected chi connectivity index (χ1v) is 19.2. The summed E-state index contributed by atoms with van der Waals surface area (Å²) >= 11 is 0. The lowest BCUT2D eigenvalue weighted by Gasteiger charge is -2.60. The molecule has 2 amide bonds. The fraction of sp³-hybridized carbons (Fsp3) is 0.524. The van der Waals surface area contributed by atoms with Crippen molar-refractivity contribution in [3.8, 4) is 17.6 Å². The molecule has 1 saturated carbocycles. The van der Waals surface area contributed by atoms with Crippen LogP contribution >= 0.6 is 0 Å². The smallest absolute Gasteiger partial charge is 0.412 e. The fourth-order valence-corrected chi connectivity index (χ4v) is 8.60. The molecule has 1 aliphatic heterocycles. The molecule has 5 rings (SSSR count). The number of ether oxygens (including phenoxy) is 3. The number of unbranched alkanes of at least 4 members (excludes halogenated alkanes) is 2. The number of fused-ring (bicyclic) bond motifs is 2. The molecule has 54 heavy (non-hydrogen) atoms. The van der Waals surface area contributed by atoms with Crippen LogP contribution in [0, 0.1) is 29.1 Å². The number of carbonyl (C=O) groups excluding carboxylic acids is 2. The van der Waals surface area contributed by atoms with Gasteiger partial charge in [0, 0.05) is 49.8 Å². The van der Waals surface area contributed by atoms with Crippen LogP contribution in [0.5, 0.6) is 11.5 Å². The Morgan fingerprint density at radius 2 is 1.85 bits per heavy atom. The summed E-state index contributed by atoms with van der Waals surface area (Å²) in [6.45, 7) is 8.91. The number of aliphatic hydroxyl groups excluding tert-OH is 2. The number of allylic oxidation sites excluding steroid dienone is 1. The van der Waals surface area contributed by atoms with Gasteiger partial charge in [0.05, 0.1) is 29.9 Å². The van der Waals surface area contributed by atoms with Crippen molar-refractivity contribution >= 4 is 17.7 Å². The van der Waals surface area contributed by atoms with Gasteiger partial charge in [-0.1, -0.05) is 37.1 Å². The number of rotatable bonds is 18. The summed E-state index contributed by atoms with van der Waals surface area (Å²) in [6.07, 6.45) is 8.79. The van der Waals surface area contributed by atoms with Crippen molar-refractivity contribution in [3.63, 3.8) is 0 Å². The van der Waals surface area contributed by atoms with Crippen LogP contribution in [-0.2, 0) is 9.57 Å². The molecular weight excluding hydrogens is 688 g/mol. The van der Waals surface area contributed by atoms with E-state index in [4.69, 9.17) is 19.0 Å². The molecule has 2 aromatic carbocycles. The Labute approximate surface area is 318 Å². The molecule has 12 heteroatoms. The van der Waals surface area contributed by atoms with Crippen LogP contribution in [-0.4, -0.2) is 84.7 Å². The second kappa shape index (κ2) is 19.1. The SMILES string of the molecule is C=CCOC12Oc3ccc(OC(=O)NCC)cc3C3C(CCCCO)C(CCCCO)C=C(C(=NOC)CC1N(CCC)C(=O)c1ccc(C#N)cc1)C32. The monoisotopic (exact) mass is 742 g/mol. The average Bonchev–Trinajstić information content (AvgIpc) is 3.18. The Kier molecular flexibility index (Phi) is 14.3. The van der Waals surface area contributed by atoms with E-state index < -0.39 is 23.8 Å². The highest BCUT2D eigenvalue weighted by Gasteiger charge is 2.65. The molecular formula is C42H54N4O8. The molecule has 0 radical (unpaired) electrons. The molecule has 290 valence electrons. The summed E-state index contributed by atoms with van der Waals surface area (Å²) < 4.78 is 19.9. The molecule has 2 aromatic rings. The predicted octanol–water partition coefficient (Wildman–Crippen LogP) is 6.48. The Morgan fingerprint density at radius 1 is 1.11 bits per heavy atom. The molecule has 1 fully saturated rings. The molecule has 3 aliphatic rings. The van der Waals surface area contributed by atoms with Gasteiger partial charge in [-0.05, 0) is 98.9 Å². The lowest BCUT2D eigenvalue weighted by molar-refractivity contribution is -0.254. The number of nitriles is 1. The van der Waals surface area contributed by atoms with Crippen LogP contribution in [0.1, 0.15) is 92.6 Å². The van der Waals surface area contributed by atoms with E-state index in [-0.39, 0.29) is 49.9 Å². The zero-order valence-corrected chi connectivity index (χ0v) is 31.7. The second-order valence-corrected chi connectivity index (χ2v) is 14.1. The van der Waals surface area contributed by atoms with Crippen molar-refractivity contribution in [1.82, 2.24) is 10.2 Å². The Balaban J connectivity index is 1.77. The van der Waals surface area contributed by atoms with Crippen LogP contribution in [0.25, 0.3) is 0 Å². The van der Waals surface area contributed by atoms with E-state index >= 15 is 0 Å². The minimum atomic E-state index is -1.41. The Morgan fingerprint density at radius 3 is 2.50 bits per heavy atom. The fourth-order valence-electron chi connectivity index (χ4n) is 8.60. The number of nitrogens with zero attached hydrogens (tertiary/aromatic N) is 3. The number of hydrogen-bond donors (Lipinski definition) is 3. The Bertz CT molecular complexity index is 1720. The summed E-state index contributed by atoms with van der Waals surface area (Å²) in [5.41, 5.74) is 3.34. The second-order valence-electron chi connectivity index (χ2n) is 14.1. The van der Waals surface area contributed by atoms with E-state index in [2.05, 4.69) is 29.2 Å². The topological polar surface area (TPSA) is 163 Å². The summed E-state index contributed by atoms with van der Waals surface area (Å²) in [5.74, 6) is -1.37. The van der Waals surface area contributed by atoms with E-state index in [0.717, 1.165) is 36.8 Å². The summed E-state index contributed by atoms with van der Waals surface area (Å²) in [7, 11) is 1.51. The molecule has 3 N–H and O–H groups in total.